The van der Waals surface area contributed by atoms with Crippen LogP contribution < -0.4 is 5.32 Å². The molecule has 1 N–H and O–H groups in total. The van der Waals surface area contributed by atoms with Gasteiger partial charge in [0.25, 0.3) is 0 Å². The number of nitrogens with one attached hydrogen (secondary N) is 1. The number of carbonyl (C=O) groups excluding carboxylic acids is 1. The van der Waals surface area contributed by atoms with Crippen LogP contribution in [0.4, 0.5) is 0 Å². The highest BCUT2D eigenvalue weighted by Gasteiger charge is 2.27. The fourth-order valence-corrected chi connectivity index (χ4v) is 3.18. The van der Waals surface area contributed by atoms with Gasteiger partial charge in [-0.05, 0) is 45.1 Å². The molecule has 0 bridgehead atoms. The number of piperidine rings is 2. The Hall–Kier alpha value is -0.570. The number of carbonyl (C=O) groups is 1. The van der Waals surface area contributed by atoms with E-state index < -0.39 is 0 Å². The first-order valence-electron chi connectivity index (χ1n) is 7.34. The minimum absolute atomic E-state index is 0.385. The Balaban J connectivity index is 1.84. The number of likely N-dealkylation sites (tertiary alicyclic amines) is 1. The second kappa shape index (κ2) is 6.39. The first-order chi connectivity index (χ1) is 8.31. The van der Waals surface area contributed by atoms with Crippen LogP contribution in [0.15, 0.2) is 0 Å². The Labute approximate surface area is 105 Å². The van der Waals surface area contributed by atoms with Crippen molar-refractivity contribution in [1.29, 1.82) is 0 Å². The van der Waals surface area contributed by atoms with Gasteiger partial charge in [-0.2, -0.15) is 0 Å². The van der Waals surface area contributed by atoms with Gasteiger partial charge in [-0.1, -0.05) is 13.3 Å². The molecule has 17 heavy (non-hydrogen) atoms. The number of amides is 1. The highest BCUT2D eigenvalue weighted by molar-refractivity contribution is 5.77. The molecule has 0 radical (unpaired) electrons. The maximum absolute atomic E-state index is 12.3. The average molecular weight is 238 g/mol. The van der Waals surface area contributed by atoms with Crippen molar-refractivity contribution >= 4 is 5.91 Å². The van der Waals surface area contributed by atoms with Crippen LogP contribution in [0.5, 0.6) is 0 Å². The molecule has 3 nitrogen and oxygen atoms in total. The predicted octanol–water partition coefficient (Wildman–Crippen LogP) is 2.31. The molecule has 0 saturated carbocycles. The van der Waals surface area contributed by atoms with Crippen molar-refractivity contribution in [1.82, 2.24) is 10.2 Å². The van der Waals surface area contributed by atoms with Gasteiger partial charge >= 0.3 is 0 Å². The van der Waals surface area contributed by atoms with E-state index in [0.29, 0.717) is 18.0 Å². The summed E-state index contributed by atoms with van der Waals surface area (Å²) in [7, 11) is 0. The normalized spacial score (nSPS) is 30.3. The zero-order chi connectivity index (χ0) is 12.1. The summed E-state index contributed by atoms with van der Waals surface area (Å²) in [6.45, 7) is 4.29. The molecule has 1 amide bonds. The smallest absolute Gasteiger partial charge is 0.224 e. The number of hydrogen-bond acceptors (Lipinski definition) is 2. The molecular weight excluding hydrogens is 212 g/mol. The topological polar surface area (TPSA) is 32.3 Å². The van der Waals surface area contributed by atoms with E-state index in [0.717, 1.165) is 25.9 Å². The fraction of sp³-hybridized carbons (Fsp3) is 0.929. The Morgan fingerprint density at radius 2 is 2.06 bits per heavy atom. The molecule has 0 aromatic rings. The molecule has 0 aliphatic carbocycles. The van der Waals surface area contributed by atoms with Crippen LogP contribution in [0, 0.1) is 0 Å². The predicted molar refractivity (Wildman–Crippen MR) is 69.9 cm³/mol. The van der Waals surface area contributed by atoms with Crippen LogP contribution in [0.25, 0.3) is 0 Å². The molecule has 98 valence electrons. The molecule has 2 aliphatic rings. The van der Waals surface area contributed by atoms with E-state index in [-0.39, 0.29) is 0 Å². The maximum Gasteiger partial charge on any atom is 0.224 e. The minimum atomic E-state index is 0.385. The number of nitrogens with zero attached hydrogens (tertiary/aromatic N) is 1. The van der Waals surface area contributed by atoms with Gasteiger partial charge in [-0.15, -0.1) is 0 Å². The third kappa shape index (κ3) is 3.44. The Bertz CT molecular complexity index is 249. The first kappa shape index (κ1) is 12.9. The van der Waals surface area contributed by atoms with E-state index in [4.69, 9.17) is 0 Å². The summed E-state index contributed by atoms with van der Waals surface area (Å²) in [6, 6.07) is 0.954. The number of hydrogen-bond donors (Lipinski definition) is 1. The fourth-order valence-electron chi connectivity index (χ4n) is 3.18. The van der Waals surface area contributed by atoms with Crippen molar-refractivity contribution in [3.63, 3.8) is 0 Å². The van der Waals surface area contributed by atoms with Crippen LogP contribution in [0.3, 0.4) is 0 Å². The molecule has 0 aromatic heterocycles. The van der Waals surface area contributed by atoms with E-state index in [2.05, 4.69) is 17.1 Å². The summed E-state index contributed by atoms with van der Waals surface area (Å²) in [5, 5.41) is 3.47. The lowest BCUT2D eigenvalue weighted by Crippen LogP contribution is -2.46. The summed E-state index contributed by atoms with van der Waals surface area (Å²) < 4.78 is 0. The van der Waals surface area contributed by atoms with Gasteiger partial charge in [0.15, 0.2) is 0 Å². The summed E-state index contributed by atoms with van der Waals surface area (Å²) in [5.74, 6) is 0.385. The highest BCUT2D eigenvalue weighted by atomic mass is 16.2. The molecule has 2 atom stereocenters. The second-order valence-corrected chi connectivity index (χ2v) is 5.50. The highest BCUT2D eigenvalue weighted by Crippen LogP contribution is 2.21. The third-order valence-electron chi connectivity index (χ3n) is 4.25. The van der Waals surface area contributed by atoms with Crippen molar-refractivity contribution in [3.05, 3.63) is 0 Å². The van der Waals surface area contributed by atoms with E-state index in [1.165, 1.54) is 38.5 Å². The van der Waals surface area contributed by atoms with Crippen LogP contribution in [-0.4, -0.2) is 36.0 Å². The van der Waals surface area contributed by atoms with Crippen LogP contribution in [0.2, 0.25) is 0 Å². The molecular formula is C14H26N2O. The lowest BCUT2D eigenvalue weighted by atomic mass is 9.97. The molecule has 2 saturated heterocycles. The zero-order valence-electron chi connectivity index (χ0n) is 11.1. The van der Waals surface area contributed by atoms with Crippen molar-refractivity contribution in [2.45, 2.75) is 70.4 Å². The molecule has 0 spiro atoms. The second-order valence-electron chi connectivity index (χ2n) is 5.50. The minimum Gasteiger partial charge on any atom is -0.340 e. The van der Waals surface area contributed by atoms with Gasteiger partial charge in [0, 0.05) is 25.0 Å². The van der Waals surface area contributed by atoms with Gasteiger partial charge in [0.05, 0.1) is 0 Å². The standard InChI is InChI=1S/C14H26N2O/c1-2-13-8-4-6-10-16(13)14(17)11-12-7-3-5-9-15-12/h12-13,15H,2-11H2,1H3. The number of rotatable bonds is 3. The maximum atomic E-state index is 12.3. The lowest BCUT2D eigenvalue weighted by molar-refractivity contribution is -0.135. The van der Waals surface area contributed by atoms with Crippen molar-refractivity contribution in [2.24, 2.45) is 0 Å². The Morgan fingerprint density at radius 3 is 2.76 bits per heavy atom. The zero-order valence-corrected chi connectivity index (χ0v) is 11.1. The molecule has 3 heteroatoms. The molecule has 2 heterocycles. The summed E-state index contributed by atoms with van der Waals surface area (Å²) in [5.41, 5.74) is 0. The summed E-state index contributed by atoms with van der Waals surface area (Å²) in [6.07, 6.45) is 9.26. The van der Waals surface area contributed by atoms with Crippen molar-refractivity contribution in [2.75, 3.05) is 13.1 Å². The van der Waals surface area contributed by atoms with Crippen LogP contribution in [0.1, 0.15) is 58.3 Å². The van der Waals surface area contributed by atoms with Gasteiger partial charge in [-0.25, -0.2) is 0 Å². The van der Waals surface area contributed by atoms with Crippen LogP contribution >= 0.6 is 0 Å². The Kier molecular flexibility index (Phi) is 4.84. The molecule has 2 rings (SSSR count). The van der Waals surface area contributed by atoms with Crippen molar-refractivity contribution in [3.8, 4) is 0 Å². The molecule has 2 fully saturated rings. The SMILES string of the molecule is CCC1CCCCN1C(=O)CC1CCCCN1. The van der Waals surface area contributed by atoms with E-state index in [1.807, 2.05) is 0 Å². The molecule has 2 unspecified atom stereocenters. The lowest BCUT2D eigenvalue weighted by Gasteiger charge is -2.36. The summed E-state index contributed by atoms with van der Waals surface area (Å²) in [4.78, 5) is 14.5. The van der Waals surface area contributed by atoms with Crippen LogP contribution in [-0.2, 0) is 4.79 Å². The first-order valence-corrected chi connectivity index (χ1v) is 7.34. The van der Waals surface area contributed by atoms with Gasteiger partial charge in [0.1, 0.15) is 0 Å². The van der Waals surface area contributed by atoms with E-state index >= 15 is 0 Å². The molecule has 2 aliphatic heterocycles. The average Bonchev–Trinajstić information content (AvgIpc) is 2.40. The largest absolute Gasteiger partial charge is 0.340 e. The van der Waals surface area contributed by atoms with Gasteiger partial charge in [0.2, 0.25) is 5.91 Å². The third-order valence-corrected chi connectivity index (χ3v) is 4.25. The summed E-state index contributed by atoms with van der Waals surface area (Å²) >= 11 is 0. The van der Waals surface area contributed by atoms with Gasteiger partial charge in [-0.3, -0.25) is 4.79 Å². The van der Waals surface area contributed by atoms with E-state index in [1.54, 1.807) is 0 Å². The van der Waals surface area contributed by atoms with Gasteiger partial charge < -0.3 is 10.2 Å². The van der Waals surface area contributed by atoms with E-state index in [9.17, 15) is 4.79 Å². The molecule has 0 aromatic carbocycles. The quantitative estimate of drug-likeness (QED) is 0.818. The van der Waals surface area contributed by atoms with Crippen molar-refractivity contribution < 1.29 is 4.79 Å². The Morgan fingerprint density at radius 1 is 1.24 bits per heavy atom. The monoisotopic (exact) mass is 238 g/mol.